The van der Waals surface area contributed by atoms with Crippen LogP contribution in [0.1, 0.15) is 115 Å². The highest BCUT2D eigenvalue weighted by Crippen LogP contribution is 2.40. The van der Waals surface area contributed by atoms with Crippen molar-refractivity contribution < 1.29 is 27.4 Å². The van der Waals surface area contributed by atoms with Gasteiger partial charge in [0.25, 0.3) is 0 Å². The van der Waals surface area contributed by atoms with Gasteiger partial charge >= 0.3 is 0 Å². The SMILES string of the molecule is Cc1cc(C)c(C)c(-c2c3cc(C4CCCC4)ccc3cc[n+]2C)c1.Cc1cc(C)c(C)c(-c2c3ccccc3cc[n+]2C)c1.Cc1ccc2c(-c3ccccc3C)[n+](C)ccc2c1.Cc1ccccc1-c1c2cccc(C)c2cc[n+]1C.Cc1ccccc1-c1c2ccccc2c(C)c[n+]1C.Cc1ccccc1-c1c2ccccc2cc(C)[n+]1C. The molecule has 0 unspecified atom stereocenters. The second-order valence-corrected chi connectivity index (χ2v) is 34.0. The highest BCUT2D eigenvalue weighted by molar-refractivity contribution is 5.99. The van der Waals surface area contributed by atoms with Crippen LogP contribution >= 0.6 is 0 Å². The molecule has 1 aliphatic rings. The standard InChI is InChI=1S/C24H28N.C19H20N.4C18H18N/c1-16-13-17(2)18(3)22(14-16)24-23-15-21(19-7-5-6-8-19)10-9-20(23)11-12-25(24)4;1-13-11-14(2)15(3)18(12-13)19-17-8-6-5-7-16(17)9-10-20(19)4;1-13-8-4-6-10-16(13)18-17-11-7-5-9-15(17)12-14(2)19(18)3;1-13-8-4-5-10-16(13)18-17-11-7-6-9-15(17)14(2)12-19(18)3;1-13-8-6-10-17-15(13)11-12-19(3)18(17)16-9-5-4-7-14(16)2;1-13-8-9-17-15(12-13)10-11-19(3)18(17)16-7-5-4-6-14(16)2/h9-15,19H,5-8H2,1-4H3;5-12H,1-4H3;4*4-12H,1-3H3/q6*+1. The van der Waals surface area contributed by atoms with E-state index in [0.717, 1.165) is 5.92 Å². The Morgan fingerprint density at radius 3 is 1.11 bits per heavy atom. The summed E-state index contributed by atoms with van der Waals surface area (Å²) in [6, 6.07) is 101. The first-order valence-electron chi connectivity index (χ1n) is 43.1. The number of hydrogen-bond acceptors (Lipinski definition) is 0. The number of hydrogen-bond donors (Lipinski definition) is 0. The normalized spacial score (nSPS) is 11.8. The lowest BCUT2D eigenvalue weighted by molar-refractivity contribution is -0.665. The van der Waals surface area contributed by atoms with Crippen molar-refractivity contribution in [2.45, 2.75) is 129 Å². The molecule has 0 saturated heterocycles. The summed E-state index contributed by atoms with van der Waals surface area (Å²) in [6.45, 7) is 30.6. The predicted octanol–water partition coefficient (Wildman–Crippen LogP) is 26.0. The molecule has 18 aromatic rings. The first kappa shape index (κ1) is 84.6. The monoisotopic (exact) mass is 1580 g/mol. The van der Waals surface area contributed by atoms with Crippen molar-refractivity contribution in [2.24, 2.45) is 42.3 Å². The summed E-state index contributed by atoms with van der Waals surface area (Å²) in [4.78, 5) is 0. The molecule has 0 bridgehead atoms. The number of rotatable bonds is 7. The molecule has 1 aliphatic carbocycles. The zero-order valence-electron chi connectivity index (χ0n) is 75.0. The van der Waals surface area contributed by atoms with Gasteiger partial charge in [-0.05, 0) is 270 Å². The lowest BCUT2D eigenvalue weighted by atomic mass is 9.91. The van der Waals surface area contributed by atoms with Crippen molar-refractivity contribution >= 4 is 64.6 Å². The topological polar surface area (TPSA) is 23.3 Å². The first-order valence-corrected chi connectivity index (χ1v) is 43.1. The van der Waals surface area contributed by atoms with Crippen LogP contribution in [-0.2, 0) is 42.3 Å². The molecular weight excluding hydrogens is 1470 g/mol. The number of pyridine rings is 6. The number of fused-ring (bicyclic) bond motifs is 6. The van der Waals surface area contributed by atoms with Gasteiger partial charge in [-0.2, -0.15) is 4.57 Å². The third kappa shape index (κ3) is 18.2. The van der Waals surface area contributed by atoms with Crippen molar-refractivity contribution in [3.8, 4) is 67.5 Å². The fourth-order valence-corrected chi connectivity index (χ4v) is 18.4. The quantitative estimate of drug-likeness (QED) is 0.142. The molecule has 0 radical (unpaired) electrons. The summed E-state index contributed by atoms with van der Waals surface area (Å²) < 4.78 is 13.5. The van der Waals surface area contributed by atoms with Crippen LogP contribution in [0, 0.1) is 96.9 Å². The van der Waals surface area contributed by atoms with Gasteiger partial charge in [-0.1, -0.05) is 205 Å². The Balaban J connectivity index is 0.000000119. The second-order valence-electron chi connectivity index (χ2n) is 34.0. The lowest BCUT2D eigenvalue weighted by Gasteiger charge is -2.14. The van der Waals surface area contributed by atoms with Crippen molar-refractivity contribution in [2.75, 3.05) is 0 Å². The Hall–Kier alpha value is -12.9. The van der Waals surface area contributed by atoms with Crippen molar-refractivity contribution in [1.29, 1.82) is 0 Å². The van der Waals surface area contributed by atoms with E-state index in [9.17, 15) is 0 Å². The van der Waals surface area contributed by atoms with E-state index in [4.69, 9.17) is 0 Å². The third-order valence-electron chi connectivity index (χ3n) is 25.3. The van der Waals surface area contributed by atoms with Crippen LogP contribution in [0.15, 0.2) is 310 Å². The van der Waals surface area contributed by atoms with Crippen LogP contribution in [0.3, 0.4) is 0 Å². The summed E-state index contributed by atoms with van der Waals surface area (Å²) in [5, 5.41) is 15.9. The minimum absolute atomic E-state index is 0.753. The van der Waals surface area contributed by atoms with Gasteiger partial charge in [-0.15, -0.1) is 0 Å². The van der Waals surface area contributed by atoms with E-state index < -0.39 is 0 Å². The lowest BCUT2D eigenvalue weighted by Crippen LogP contribution is -2.35. The van der Waals surface area contributed by atoms with Gasteiger partial charge in [0.1, 0.15) is 42.3 Å². The molecule has 1 saturated carbocycles. The van der Waals surface area contributed by atoms with Crippen molar-refractivity contribution in [3.05, 3.63) is 394 Å². The molecule has 19 rings (SSSR count). The predicted molar refractivity (Wildman–Crippen MR) is 511 cm³/mol. The fourth-order valence-electron chi connectivity index (χ4n) is 18.4. The van der Waals surface area contributed by atoms with E-state index in [2.05, 4.69) is 477 Å². The summed E-state index contributed by atoms with van der Waals surface area (Å²) in [7, 11) is 12.8. The van der Waals surface area contributed by atoms with Crippen LogP contribution in [0.25, 0.3) is 132 Å². The number of nitrogens with zero attached hydrogens (tertiary/aromatic N) is 6. The highest BCUT2D eigenvalue weighted by Gasteiger charge is 2.26. The molecule has 6 heteroatoms. The maximum Gasteiger partial charge on any atom is 0.220 e. The second kappa shape index (κ2) is 37.2. The van der Waals surface area contributed by atoms with E-state index in [1.165, 1.54) is 241 Å². The van der Waals surface area contributed by atoms with Crippen LogP contribution in [0.4, 0.5) is 0 Å². The molecule has 6 aromatic heterocycles. The fraction of sp³-hybridized carbons (Fsp3) is 0.217. The smallest absolute Gasteiger partial charge is 0.200 e. The molecule has 0 spiro atoms. The summed E-state index contributed by atoms with van der Waals surface area (Å²) in [5.41, 5.74) is 35.9. The van der Waals surface area contributed by atoms with E-state index in [1.807, 2.05) is 0 Å². The Morgan fingerprint density at radius 2 is 0.587 bits per heavy atom. The molecule has 0 amide bonds. The average Bonchev–Trinajstić information content (AvgIpc) is 1.27. The van der Waals surface area contributed by atoms with Crippen molar-refractivity contribution in [3.63, 3.8) is 0 Å². The summed E-state index contributed by atoms with van der Waals surface area (Å²) in [5.74, 6) is 0.753. The van der Waals surface area contributed by atoms with Gasteiger partial charge in [-0.3, -0.25) is 0 Å². The van der Waals surface area contributed by atoms with Crippen LogP contribution in [0.2, 0.25) is 0 Å². The molecule has 121 heavy (non-hydrogen) atoms. The molecule has 0 aliphatic heterocycles. The third-order valence-corrected chi connectivity index (χ3v) is 25.3. The van der Waals surface area contributed by atoms with Gasteiger partial charge < -0.3 is 0 Å². The molecule has 0 atom stereocenters. The van der Waals surface area contributed by atoms with Gasteiger partial charge in [-0.25, -0.2) is 22.8 Å². The molecular formula is C115H120N6+6. The molecule has 0 N–H and O–H groups in total. The zero-order valence-corrected chi connectivity index (χ0v) is 75.0. The molecule has 1 fully saturated rings. The highest BCUT2D eigenvalue weighted by atomic mass is 15.0. The first-order chi connectivity index (χ1) is 58.3. The minimum Gasteiger partial charge on any atom is -0.200 e. The van der Waals surface area contributed by atoms with Crippen LogP contribution < -0.4 is 27.4 Å². The van der Waals surface area contributed by atoms with Crippen molar-refractivity contribution in [1.82, 2.24) is 0 Å². The Morgan fingerprint density at radius 1 is 0.223 bits per heavy atom. The Labute approximate surface area is 719 Å². The Bertz CT molecular complexity index is 6850. The zero-order chi connectivity index (χ0) is 85.4. The average molecular weight is 1590 g/mol. The van der Waals surface area contributed by atoms with E-state index >= 15 is 0 Å². The van der Waals surface area contributed by atoms with Gasteiger partial charge in [0, 0.05) is 65.1 Å². The largest absolute Gasteiger partial charge is 0.220 e. The van der Waals surface area contributed by atoms with Crippen LogP contribution in [-0.4, -0.2) is 0 Å². The summed E-state index contributed by atoms with van der Waals surface area (Å²) in [6.07, 6.45) is 16.3. The van der Waals surface area contributed by atoms with E-state index in [-0.39, 0.29) is 0 Å². The van der Waals surface area contributed by atoms with E-state index in [1.54, 1.807) is 0 Å². The number of aromatic nitrogens is 6. The molecule has 12 aromatic carbocycles. The van der Waals surface area contributed by atoms with E-state index in [0.29, 0.717) is 0 Å². The van der Waals surface area contributed by atoms with Crippen LogP contribution in [0.5, 0.6) is 0 Å². The van der Waals surface area contributed by atoms with Gasteiger partial charge in [0.2, 0.25) is 34.2 Å². The van der Waals surface area contributed by atoms with Gasteiger partial charge in [0.15, 0.2) is 36.7 Å². The molecule has 6 nitrogen and oxygen atoms in total. The molecule has 6 heterocycles. The molecule has 604 valence electrons. The summed E-state index contributed by atoms with van der Waals surface area (Å²) >= 11 is 0. The number of aryl methyl sites for hydroxylation is 17. The van der Waals surface area contributed by atoms with Gasteiger partial charge in [0.05, 0.1) is 43.4 Å². The number of benzene rings is 12. The maximum atomic E-state index is 2.47. The minimum atomic E-state index is 0.753. The maximum absolute atomic E-state index is 2.47. The Kier molecular flexibility index (Phi) is 26.0.